The van der Waals surface area contributed by atoms with Gasteiger partial charge in [0.15, 0.2) is 8.68 Å². The molecule has 0 fully saturated rings. The Hall–Kier alpha value is -1.65. The zero-order chi connectivity index (χ0) is 14.8. The summed E-state index contributed by atoms with van der Waals surface area (Å²) in [5.74, 6) is -0.239. The van der Waals surface area contributed by atoms with Gasteiger partial charge in [0, 0.05) is 13.2 Å². The first-order valence-corrected chi connectivity index (χ1v) is 7.95. The Morgan fingerprint density at radius 2 is 2.25 bits per heavy atom. The molecule has 20 heavy (non-hydrogen) atoms. The van der Waals surface area contributed by atoms with E-state index in [1.165, 1.54) is 30.3 Å². The molecule has 0 saturated carbocycles. The van der Waals surface area contributed by atoms with Gasteiger partial charge in [0.2, 0.25) is 5.91 Å². The number of anilines is 1. The van der Waals surface area contributed by atoms with Crippen LogP contribution in [-0.4, -0.2) is 36.1 Å². The van der Waals surface area contributed by atoms with E-state index < -0.39 is 10.0 Å². The van der Waals surface area contributed by atoms with Crippen LogP contribution in [0.5, 0.6) is 0 Å². The molecule has 0 spiro atoms. The fourth-order valence-electron chi connectivity index (χ4n) is 1.30. The molecule has 2 heterocycles. The van der Waals surface area contributed by atoms with Crippen LogP contribution in [0.4, 0.5) is 5.69 Å². The van der Waals surface area contributed by atoms with Crippen LogP contribution in [0.25, 0.3) is 0 Å². The molecule has 8 nitrogen and oxygen atoms in total. The van der Waals surface area contributed by atoms with E-state index in [4.69, 9.17) is 11.6 Å². The highest BCUT2D eigenvalue weighted by atomic mass is 35.5. The number of halogens is 1. The molecular weight excluding hydrogens is 326 g/mol. The monoisotopic (exact) mass is 335 g/mol. The number of likely N-dealkylation sites (N-methyl/N-ethyl adjacent to an activating group) is 1. The van der Waals surface area contributed by atoms with E-state index in [9.17, 15) is 13.2 Å². The smallest absolute Gasteiger partial charge is 0.273 e. The van der Waals surface area contributed by atoms with Gasteiger partial charge in [0.05, 0.1) is 18.1 Å². The van der Waals surface area contributed by atoms with Crippen LogP contribution in [-0.2, 0) is 21.4 Å². The van der Waals surface area contributed by atoms with Crippen molar-refractivity contribution >= 4 is 44.6 Å². The highest BCUT2D eigenvalue weighted by Gasteiger charge is 2.18. The van der Waals surface area contributed by atoms with Crippen LogP contribution in [0.15, 0.2) is 22.8 Å². The minimum Gasteiger partial charge on any atom is -0.358 e. The number of hydrogen-bond acceptors (Lipinski definition) is 6. The molecule has 0 bridgehead atoms. The molecule has 0 unspecified atom stereocenters. The topological polar surface area (TPSA) is 106 Å². The third kappa shape index (κ3) is 3.46. The predicted molar refractivity (Wildman–Crippen MR) is 74.2 cm³/mol. The zero-order valence-electron chi connectivity index (χ0n) is 10.2. The Labute approximate surface area is 123 Å². The maximum absolute atomic E-state index is 12.0. The largest absolute Gasteiger partial charge is 0.358 e. The standard InChI is InChI=1S/C9H10ClN5O3S2/c1-11-7(16)5-15-4-6(2-13-15)14-20(17,18)8-3-12-9(10)19-8/h2-4,14H,5H2,1H3,(H,11,16). The summed E-state index contributed by atoms with van der Waals surface area (Å²) in [6, 6.07) is 0. The SMILES string of the molecule is CNC(=O)Cn1cc(NS(=O)(=O)c2cnc(Cl)s2)cn1. The van der Waals surface area contributed by atoms with E-state index in [0.717, 1.165) is 11.3 Å². The summed E-state index contributed by atoms with van der Waals surface area (Å²) < 4.78 is 27.8. The molecule has 2 rings (SSSR count). The number of thiazole rings is 1. The van der Waals surface area contributed by atoms with Crippen molar-refractivity contribution in [3.63, 3.8) is 0 Å². The molecule has 2 N–H and O–H groups in total. The second kappa shape index (κ2) is 5.77. The molecule has 0 atom stereocenters. The summed E-state index contributed by atoms with van der Waals surface area (Å²) in [5, 5.41) is 6.32. The minimum absolute atomic E-state index is 0.00144. The summed E-state index contributed by atoms with van der Waals surface area (Å²) in [6.07, 6.45) is 3.89. The number of rotatable bonds is 5. The zero-order valence-corrected chi connectivity index (χ0v) is 12.6. The fraction of sp³-hybridized carbons (Fsp3) is 0.222. The number of aromatic nitrogens is 3. The molecular formula is C9H10ClN5O3S2. The molecule has 1 amide bonds. The van der Waals surface area contributed by atoms with Crippen molar-refractivity contribution in [3.05, 3.63) is 23.1 Å². The Bertz CT molecular complexity index is 724. The lowest BCUT2D eigenvalue weighted by molar-refractivity contribution is -0.121. The van der Waals surface area contributed by atoms with Gasteiger partial charge < -0.3 is 5.32 Å². The van der Waals surface area contributed by atoms with Crippen LogP contribution >= 0.6 is 22.9 Å². The molecule has 0 aliphatic heterocycles. The van der Waals surface area contributed by atoms with Gasteiger partial charge in [-0.15, -0.1) is 0 Å². The predicted octanol–water partition coefficient (Wildman–Crippen LogP) is 0.540. The summed E-state index contributed by atoms with van der Waals surface area (Å²) in [7, 11) is -2.24. The maximum atomic E-state index is 12.0. The Morgan fingerprint density at radius 3 is 2.85 bits per heavy atom. The number of sulfonamides is 1. The quantitative estimate of drug-likeness (QED) is 0.829. The third-order valence-electron chi connectivity index (χ3n) is 2.19. The average molecular weight is 336 g/mol. The Morgan fingerprint density at radius 1 is 1.50 bits per heavy atom. The molecule has 11 heteroatoms. The summed E-state index contributed by atoms with van der Waals surface area (Å²) in [6.45, 7) is 0.00458. The summed E-state index contributed by atoms with van der Waals surface area (Å²) >= 11 is 6.45. The molecule has 0 saturated heterocycles. The van der Waals surface area contributed by atoms with Crippen molar-refractivity contribution in [1.29, 1.82) is 0 Å². The lowest BCUT2D eigenvalue weighted by Crippen LogP contribution is -2.23. The van der Waals surface area contributed by atoms with Gasteiger partial charge in [-0.2, -0.15) is 5.10 Å². The lowest BCUT2D eigenvalue weighted by atomic mass is 10.6. The first-order chi connectivity index (χ1) is 9.40. The summed E-state index contributed by atoms with van der Waals surface area (Å²) in [4.78, 5) is 14.8. The molecule has 0 radical (unpaired) electrons. The van der Waals surface area contributed by atoms with Gasteiger partial charge in [0.25, 0.3) is 10.0 Å². The van der Waals surface area contributed by atoms with Gasteiger partial charge in [-0.3, -0.25) is 14.2 Å². The van der Waals surface area contributed by atoms with Crippen LogP contribution in [0.3, 0.4) is 0 Å². The number of nitrogens with one attached hydrogen (secondary N) is 2. The maximum Gasteiger partial charge on any atom is 0.273 e. The second-order valence-corrected chi connectivity index (χ2v) is 7.16. The Kier molecular flexibility index (Phi) is 4.26. The van der Waals surface area contributed by atoms with E-state index in [1.54, 1.807) is 0 Å². The van der Waals surface area contributed by atoms with Crippen molar-refractivity contribution in [2.75, 3.05) is 11.8 Å². The van der Waals surface area contributed by atoms with Crippen molar-refractivity contribution in [3.8, 4) is 0 Å². The van der Waals surface area contributed by atoms with Gasteiger partial charge in [-0.25, -0.2) is 13.4 Å². The van der Waals surface area contributed by atoms with E-state index >= 15 is 0 Å². The van der Waals surface area contributed by atoms with Crippen LogP contribution in [0.1, 0.15) is 0 Å². The van der Waals surface area contributed by atoms with Crippen molar-refractivity contribution in [1.82, 2.24) is 20.1 Å². The average Bonchev–Trinajstić information content (AvgIpc) is 2.98. The van der Waals surface area contributed by atoms with E-state index in [0.29, 0.717) is 0 Å². The van der Waals surface area contributed by atoms with Gasteiger partial charge >= 0.3 is 0 Å². The normalized spacial score (nSPS) is 11.3. The fourth-order valence-corrected chi connectivity index (χ4v) is 3.62. The van der Waals surface area contributed by atoms with Crippen LogP contribution in [0.2, 0.25) is 4.47 Å². The molecule has 0 aliphatic carbocycles. The van der Waals surface area contributed by atoms with E-state index in [1.807, 2.05) is 0 Å². The van der Waals surface area contributed by atoms with Crippen molar-refractivity contribution in [2.24, 2.45) is 0 Å². The molecule has 2 aromatic rings. The lowest BCUT2D eigenvalue weighted by Gasteiger charge is -2.02. The number of carbonyl (C=O) groups excluding carboxylic acids is 1. The summed E-state index contributed by atoms with van der Waals surface area (Å²) in [5.41, 5.74) is 0.249. The second-order valence-electron chi connectivity index (χ2n) is 3.64. The van der Waals surface area contributed by atoms with E-state index in [2.05, 4.69) is 20.1 Å². The van der Waals surface area contributed by atoms with Gasteiger partial charge in [0.1, 0.15) is 6.54 Å². The van der Waals surface area contributed by atoms with E-state index in [-0.39, 0.29) is 26.8 Å². The van der Waals surface area contributed by atoms with Gasteiger partial charge in [-0.1, -0.05) is 22.9 Å². The molecule has 0 aromatic carbocycles. The number of carbonyl (C=O) groups is 1. The van der Waals surface area contributed by atoms with Gasteiger partial charge in [-0.05, 0) is 0 Å². The van der Waals surface area contributed by atoms with Crippen LogP contribution < -0.4 is 10.0 Å². The van der Waals surface area contributed by atoms with Crippen molar-refractivity contribution in [2.45, 2.75) is 10.8 Å². The van der Waals surface area contributed by atoms with Crippen LogP contribution in [0, 0.1) is 0 Å². The minimum atomic E-state index is -3.75. The third-order valence-corrected chi connectivity index (χ3v) is 5.15. The first-order valence-electron chi connectivity index (χ1n) is 5.28. The molecule has 2 aromatic heterocycles. The molecule has 0 aliphatic rings. The Balaban J connectivity index is 2.12. The number of nitrogens with zero attached hydrogens (tertiary/aromatic N) is 3. The number of amides is 1. The first kappa shape index (κ1) is 14.8. The molecule has 108 valence electrons. The highest BCUT2D eigenvalue weighted by Crippen LogP contribution is 2.24. The highest BCUT2D eigenvalue weighted by molar-refractivity contribution is 7.94. The number of hydrogen-bond donors (Lipinski definition) is 2. The van der Waals surface area contributed by atoms with Crippen molar-refractivity contribution < 1.29 is 13.2 Å².